The average Bonchev–Trinajstić information content (AvgIpc) is 2.84. The lowest BCUT2D eigenvalue weighted by Crippen LogP contribution is -2.60. The molecule has 0 spiro atoms. The summed E-state index contributed by atoms with van der Waals surface area (Å²) in [5, 5.41) is 5.88. The molecular formula is C32H47N3O4. The summed E-state index contributed by atoms with van der Waals surface area (Å²) in [5.74, 6) is -0.845. The van der Waals surface area contributed by atoms with Crippen LogP contribution in [0.4, 0.5) is 4.79 Å². The molecule has 214 valence electrons. The Balaban J connectivity index is 2.63. The van der Waals surface area contributed by atoms with Crippen molar-refractivity contribution in [1.29, 1.82) is 0 Å². The van der Waals surface area contributed by atoms with Gasteiger partial charge in [0.1, 0.15) is 17.7 Å². The fourth-order valence-electron chi connectivity index (χ4n) is 4.56. The summed E-state index contributed by atoms with van der Waals surface area (Å²) >= 11 is 0. The van der Waals surface area contributed by atoms with Crippen molar-refractivity contribution in [3.8, 4) is 0 Å². The van der Waals surface area contributed by atoms with Gasteiger partial charge in [0.05, 0.1) is 0 Å². The second-order valence-electron chi connectivity index (χ2n) is 12.2. The maximum atomic E-state index is 14.5. The van der Waals surface area contributed by atoms with Crippen molar-refractivity contribution in [2.24, 2.45) is 5.92 Å². The second kappa shape index (κ2) is 13.1. The van der Waals surface area contributed by atoms with Gasteiger partial charge >= 0.3 is 6.09 Å². The Morgan fingerprint density at radius 2 is 1.46 bits per heavy atom. The Bertz CT molecular complexity index is 1120. The van der Waals surface area contributed by atoms with Crippen LogP contribution < -0.4 is 10.6 Å². The zero-order valence-electron chi connectivity index (χ0n) is 25.3. The number of rotatable bonds is 10. The van der Waals surface area contributed by atoms with Crippen LogP contribution in [0.1, 0.15) is 90.1 Å². The van der Waals surface area contributed by atoms with E-state index >= 15 is 0 Å². The number of hydrogen-bond donors (Lipinski definition) is 2. The Labute approximate surface area is 234 Å². The molecular weight excluding hydrogens is 490 g/mol. The van der Waals surface area contributed by atoms with Gasteiger partial charge in [-0.25, -0.2) is 4.79 Å². The molecule has 2 aromatic rings. The molecule has 0 heterocycles. The first-order chi connectivity index (χ1) is 18.1. The normalized spacial score (nSPS) is 13.4. The fourth-order valence-corrected chi connectivity index (χ4v) is 4.56. The smallest absolute Gasteiger partial charge is 0.408 e. The molecule has 0 aliphatic rings. The quantitative estimate of drug-likeness (QED) is 0.376. The molecule has 3 amide bonds. The Morgan fingerprint density at radius 3 is 1.95 bits per heavy atom. The summed E-state index contributed by atoms with van der Waals surface area (Å²) in [5.41, 5.74) is 2.17. The van der Waals surface area contributed by atoms with Gasteiger partial charge in [-0.15, -0.1) is 0 Å². The third-order valence-corrected chi connectivity index (χ3v) is 6.99. The highest BCUT2D eigenvalue weighted by Gasteiger charge is 2.44. The summed E-state index contributed by atoms with van der Waals surface area (Å²) in [6.07, 6.45) is -0.0652. The van der Waals surface area contributed by atoms with Gasteiger partial charge in [-0.1, -0.05) is 69.3 Å². The van der Waals surface area contributed by atoms with Crippen molar-refractivity contribution in [1.82, 2.24) is 15.5 Å². The van der Waals surface area contributed by atoms with E-state index in [9.17, 15) is 14.4 Å². The lowest BCUT2D eigenvalue weighted by atomic mass is 9.87. The molecule has 0 saturated carbocycles. The Hall–Kier alpha value is -3.35. The minimum Gasteiger partial charge on any atom is -0.444 e. The number of alkyl carbamates (subject to hydrolysis) is 1. The molecule has 2 aromatic carbocycles. The molecule has 7 heteroatoms. The van der Waals surface area contributed by atoms with E-state index in [-0.39, 0.29) is 17.7 Å². The van der Waals surface area contributed by atoms with Gasteiger partial charge in [0.25, 0.3) is 0 Å². The van der Waals surface area contributed by atoms with E-state index in [1.165, 1.54) is 0 Å². The van der Waals surface area contributed by atoms with Crippen LogP contribution in [0.2, 0.25) is 0 Å². The zero-order chi connectivity index (χ0) is 29.5. The summed E-state index contributed by atoms with van der Waals surface area (Å²) in [7, 11) is 0. The highest BCUT2D eigenvalue weighted by atomic mass is 16.6. The number of amides is 3. The maximum absolute atomic E-state index is 14.5. The molecule has 2 rings (SSSR count). The van der Waals surface area contributed by atoms with E-state index in [2.05, 4.69) is 10.6 Å². The fraction of sp³-hybridized carbons (Fsp3) is 0.531. The molecule has 0 aliphatic heterocycles. The van der Waals surface area contributed by atoms with Crippen LogP contribution in [0, 0.1) is 19.8 Å². The Morgan fingerprint density at radius 1 is 0.897 bits per heavy atom. The van der Waals surface area contributed by atoms with E-state index in [0.29, 0.717) is 13.0 Å². The van der Waals surface area contributed by atoms with E-state index in [0.717, 1.165) is 22.3 Å². The van der Waals surface area contributed by atoms with Gasteiger partial charge in [0.15, 0.2) is 0 Å². The number of benzene rings is 2. The highest BCUT2D eigenvalue weighted by molar-refractivity contribution is 5.93. The van der Waals surface area contributed by atoms with Gasteiger partial charge in [-0.3, -0.25) is 9.59 Å². The molecule has 0 saturated heterocycles. The van der Waals surface area contributed by atoms with Crippen molar-refractivity contribution in [3.05, 3.63) is 70.8 Å². The van der Waals surface area contributed by atoms with Crippen LogP contribution in [0.15, 0.2) is 48.5 Å². The zero-order valence-corrected chi connectivity index (χ0v) is 25.3. The molecule has 2 atom stereocenters. The van der Waals surface area contributed by atoms with Crippen molar-refractivity contribution >= 4 is 17.9 Å². The van der Waals surface area contributed by atoms with Gasteiger partial charge in [-0.2, -0.15) is 0 Å². The lowest BCUT2D eigenvalue weighted by Gasteiger charge is -2.45. The summed E-state index contributed by atoms with van der Waals surface area (Å²) in [6.45, 7) is 19.2. The number of nitrogens with one attached hydrogen (secondary N) is 2. The standard InChI is InChI=1S/C32H47N3O4/c1-11-32(9,10)35(29(37)26(21(2)3)34-30(38)39-31(6,7)8)27(25-22(4)16-15-17-23(25)5)28(36)33-20-24-18-13-12-14-19-24/h12-19,21,26-27H,11,20H2,1-10H3,(H,33,36)(H,34,38). The van der Waals surface area contributed by atoms with Crippen LogP contribution in [-0.2, 0) is 20.9 Å². The van der Waals surface area contributed by atoms with Crippen molar-refractivity contribution in [2.45, 2.75) is 105 Å². The van der Waals surface area contributed by atoms with Gasteiger partial charge in [-0.05, 0) is 83.1 Å². The molecule has 0 fully saturated rings. The van der Waals surface area contributed by atoms with Crippen LogP contribution in [0.25, 0.3) is 0 Å². The molecule has 0 aliphatic carbocycles. The number of aryl methyl sites for hydroxylation is 2. The van der Waals surface area contributed by atoms with Crippen LogP contribution in [0.3, 0.4) is 0 Å². The third kappa shape index (κ3) is 8.57. The van der Waals surface area contributed by atoms with Crippen molar-refractivity contribution in [3.63, 3.8) is 0 Å². The van der Waals surface area contributed by atoms with E-state index in [4.69, 9.17) is 4.74 Å². The number of carbonyl (C=O) groups is 3. The molecule has 7 nitrogen and oxygen atoms in total. The first kappa shape index (κ1) is 31.9. The number of ether oxygens (including phenoxy) is 1. The number of hydrogen-bond acceptors (Lipinski definition) is 4. The van der Waals surface area contributed by atoms with E-state index < -0.39 is 29.3 Å². The van der Waals surface area contributed by atoms with Crippen LogP contribution in [-0.4, -0.2) is 40.0 Å². The molecule has 0 radical (unpaired) electrons. The minimum absolute atomic E-state index is 0.244. The largest absolute Gasteiger partial charge is 0.444 e. The molecule has 0 bridgehead atoms. The maximum Gasteiger partial charge on any atom is 0.408 e. The molecule has 39 heavy (non-hydrogen) atoms. The molecule has 2 N–H and O–H groups in total. The average molecular weight is 538 g/mol. The van der Waals surface area contributed by atoms with E-state index in [1.807, 2.05) is 97.0 Å². The SMILES string of the molecule is CCC(C)(C)N(C(=O)C(NC(=O)OC(C)(C)C)C(C)C)C(C(=O)NCc1ccccc1)c1c(C)cccc1C. The van der Waals surface area contributed by atoms with Crippen LogP contribution in [0.5, 0.6) is 0 Å². The predicted molar refractivity (Wildman–Crippen MR) is 156 cm³/mol. The third-order valence-electron chi connectivity index (χ3n) is 6.99. The summed E-state index contributed by atoms with van der Waals surface area (Å²) in [4.78, 5) is 43.0. The molecule has 0 aromatic heterocycles. The van der Waals surface area contributed by atoms with Crippen molar-refractivity contribution in [2.75, 3.05) is 0 Å². The minimum atomic E-state index is -0.904. The second-order valence-corrected chi connectivity index (χ2v) is 12.2. The lowest BCUT2D eigenvalue weighted by molar-refractivity contribution is -0.150. The number of carbonyl (C=O) groups excluding carboxylic acids is 3. The summed E-state index contributed by atoms with van der Waals surface area (Å²) < 4.78 is 5.48. The first-order valence-corrected chi connectivity index (χ1v) is 13.8. The highest BCUT2D eigenvalue weighted by Crippen LogP contribution is 2.35. The summed E-state index contributed by atoms with van der Waals surface area (Å²) in [6, 6.07) is 13.8. The topological polar surface area (TPSA) is 87.7 Å². The molecule has 2 unspecified atom stereocenters. The van der Waals surface area contributed by atoms with E-state index in [1.54, 1.807) is 25.7 Å². The van der Waals surface area contributed by atoms with Gasteiger partial charge < -0.3 is 20.3 Å². The monoisotopic (exact) mass is 537 g/mol. The number of nitrogens with zero attached hydrogens (tertiary/aromatic N) is 1. The predicted octanol–water partition coefficient (Wildman–Crippen LogP) is 6.23. The van der Waals surface area contributed by atoms with Crippen LogP contribution >= 0.6 is 0 Å². The first-order valence-electron chi connectivity index (χ1n) is 13.8. The van der Waals surface area contributed by atoms with Gasteiger partial charge in [0, 0.05) is 12.1 Å². The Kier molecular flexibility index (Phi) is 10.7. The van der Waals surface area contributed by atoms with Crippen molar-refractivity contribution < 1.29 is 19.1 Å². The van der Waals surface area contributed by atoms with Gasteiger partial charge in [0.2, 0.25) is 11.8 Å².